The van der Waals surface area contributed by atoms with Crippen molar-refractivity contribution in [2.45, 2.75) is 44.1 Å². The fourth-order valence-electron chi connectivity index (χ4n) is 5.12. The molecule has 2 aromatic rings. The summed E-state index contributed by atoms with van der Waals surface area (Å²) < 4.78 is 14.5. The first-order valence-electron chi connectivity index (χ1n) is 10.6. The zero-order valence-corrected chi connectivity index (χ0v) is 16.5. The third kappa shape index (κ3) is 3.40. The van der Waals surface area contributed by atoms with Crippen molar-refractivity contribution >= 4 is 5.97 Å². The zero-order valence-electron chi connectivity index (χ0n) is 16.5. The van der Waals surface area contributed by atoms with E-state index in [4.69, 9.17) is 0 Å². The Bertz CT molecular complexity index is 994. The Morgan fingerprint density at radius 1 is 1.03 bits per heavy atom. The van der Waals surface area contributed by atoms with Crippen LogP contribution in [0.3, 0.4) is 0 Å². The first kappa shape index (κ1) is 18.6. The molecular weight excluding hydrogens is 365 g/mol. The van der Waals surface area contributed by atoms with Gasteiger partial charge in [-0.05, 0) is 78.5 Å². The van der Waals surface area contributed by atoms with Crippen LogP contribution in [0.1, 0.15) is 54.3 Å². The molecular formula is C25H26FNO2. The molecule has 1 saturated heterocycles. The molecule has 0 aromatic heterocycles. The molecule has 2 aliphatic carbocycles. The van der Waals surface area contributed by atoms with Crippen LogP contribution in [-0.2, 0) is 11.2 Å². The van der Waals surface area contributed by atoms with Crippen molar-refractivity contribution in [1.29, 1.82) is 0 Å². The van der Waals surface area contributed by atoms with Crippen LogP contribution in [0.25, 0.3) is 11.1 Å². The summed E-state index contributed by atoms with van der Waals surface area (Å²) in [5.74, 6) is -0.492. The Hall–Kier alpha value is -2.46. The van der Waals surface area contributed by atoms with Gasteiger partial charge in [0, 0.05) is 24.1 Å². The molecule has 0 bridgehead atoms. The van der Waals surface area contributed by atoms with E-state index in [1.165, 1.54) is 11.1 Å². The maximum Gasteiger partial charge on any atom is 0.331 e. The highest BCUT2D eigenvalue weighted by Gasteiger charge is 2.35. The number of rotatable bonds is 5. The molecule has 1 unspecified atom stereocenters. The summed E-state index contributed by atoms with van der Waals surface area (Å²) in [6, 6.07) is 12.5. The molecule has 150 valence electrons. The molecule has 1 aliphatic heterocycles. The lowest BCUT2D eigenvalue weighted by molar-refractivity contribution is -0.133. The van der Waals surface area contributed by atoms with Gasteiger partial charge in [-0.15, -0.1) is 0 Å². The molecule has 5 rings (SSSR count). The Labute approximate surface area is 170 Å². The molecule has 4 heteroatoms. The van der Waals surface area contributed by atoms with E-state index in [-0.39, 0.29) is 11.7 Å². The van der Waals surface area contributed by atoms with E-state index < -0.39 is 5.97 Å². The lowest BCUT2D eigenvalue weighted by Crippen LogP contribution is -2.26. The van der Waals surface area contributed by atoms with E-state index in [1.54, 1.807) is 6.07 Å². The quantitative estimate of drug-likeness (QED) is 0.701. The Balaban J connectivity index is 1.35. The summed E-state index contributed by atoms with van der Waals surface area (Å²) >= 11 is 0. The Morgan fingerprint density at radius 3 is 2.45 bits per heavy atom. The average molecular weight is 391 g/mol. The van der Waals surface area contributed by atoms with Gasteiger partial charge in [-0.25, -0.2) is 9.18 Å². The van der Waals surface area contributed by atoms with Crippen LogP contribution in [-0.4, -0.2) is 29.1 Å². The summed E-state index contributed by atoms with van der Waals surface area (Å²) in [7, 11) is 0. The molecule has 0 radical (unpaired) electrons. The van der Waals surface area contributed by atoms with Crippen LogP contribution >= 0.6 is 0 Å². The molecule has 3 nitrogen and oxygen atoms in total. The second-order valence-corrected chi connectivity index (χ2v) is 8.79. The van der Waals surface area contributed by atoms with Gasteiger partial charge >= 0.3 is 5.97 Å². The predicted molar refractivity (Wildman–Crippen MR) is 111 cm³/mol. The number of aliphatic carboxylic acids is 1. The highest BCUT2D eigenvalue weighted by molar-refractivity contribution is 5.86. The molecule has 1 heterocycles. The third-order valence-corrected chi connectivity index (χ3v) is 6.97. The van der Waals surface area contributed by atoms with Gasteiger partial charge in [0.05, 0.1) is 0 Å². The number of carboxylic acid groups (broad SMARTS) is 1. The molecule has 1 saturated carbocycles. The number of likely N-dealkylation sites (tertiary alicyclic amines) is 1. The molecule has 0 spiro atoms. The van der Waals surface area contributed by atoms with Crippen molar-refractivity contribution in [3.8, 4) is 11.1 Å². The van der Waals surface area contributed by atoms with Gasteiger partial charge in [0.1, 0.15) is 5.82 Å². The molecule has 2 aromatic carbocycles. The Morgan fingerprint density at radius 2 is 1.76 bits per heavy atom. The summed E-state index contributed by atoms with van der Waals surface area (Å²) in [5, 5.41) is 9.22. The van der Waals surface area contributed by atoms with Gasteiger partial charge < -0.3 is 5.11 Å². The lowest BCUT2D eigenvalue weighted by Gasteiger charge is -2.25. The second-order valence-electron chi connectivity index (χ2n) is 8.79. The van der Waals surface area contributed by atoms with Crippen molar-refractivity contribution in [3.63, 3.8) is 0 Å². The maximum absolute atomic E-state index is 14.5. The zero-order chi connectivity index (χ0) is 20.1. The third-order valence-electron chi connectivity index (χ3n) is 6.97. The normalized spacial score (nSPS) is 23.9. The van der Waals surface area contributed by atoms with Gasteiger partial charge in [-0.3, -0.25) is 4.90 Å². The molecule has 1 N–H and O–H groups in total. The highest BCUT2D eigenvalue weighted by Crippen LogP contribution is 2.43. The average Bonchev–Trinajstić information content (AvgIpc) is 3.28. The van der Waals surface area contributed by atoms with Crippen molar-refractivity contribution in [2.24, 2.45) is 5.92 Å². The topological polar surface area (TPSA) is 40.5 Å². The van der Waals surface area contributed by atoms with E-state index in [1.807, 2.05) is 12.1 Å². The number of hydrogen-bond donors (Lipinski definition) is 1. The predicted octanol–water partition coefficient (Wildman–Crippen LogP) is 5.32. The van der Waals surface area contributed by atoms with E-state index >= 15 is 0 Å². The standard InChI is InChI=1S/C25H26FNO2/c1-15(25(28)29)20-10-11-27(14-20)24-9-6-19-12-17(5-8-22(19)24)18-4-7-21(16-2-3-16)23(26)13-18/h4-5,7-8,12-13,16,20,24H,1-3,6,9-11,14H2,(H,28,29)/t20-,24?/m1/s1. The summed E-state index contributed by atoms with van der Waals surface area (Å²) in [4.78, 5) is 13.6. The van der Waals surface area contributed by atoms with Crippen molar-refractivity contribution < 1.29 is 14.3 Å². The summed E-state index contributed by atoms with van der Waals surface area (Å²) in [6.07, 6.45) is 5.14. The van der Waals surface area contributed by atoms with Crippen molar-refractivity contribution in [3.05, 3.63) is 71.1 Å². The van der Waals surface area contributed by atoms with E-state index in [0.717, 1.165) is 61.9 Å². The fourth-order valence-corrected chi connectivity index (χ4v) is 5.12. The summed E-state index contributed by atoms with van der Waals surface area (Å²) in [5.41, 5.74) is 5.88. The van der Waals surface area contributed by atoms with Crippen LogP contribution in [0.4, 0.5) is 4.39 Å². The number of fused-ring (bicyclic) bond motifs is 1. The molecule has 3 aliphatic rings. The number of halogens is 1. The molecule has 2 fully saturated rings. The SMILES string of the molecule is C=C(C(=O)O)[C@@H]1CCN(C2CCc3cc(-c4ccc(C5CC5)c(F)c4)ccc32)C1. The van der Waals surface area contributed by atoms with Gasteiger partial charge in [-0.1, -0.05) is 36.9 Å². The van der Waals surface area contributed by atoms with E-state index in [0.29, 0.717) is 17.5 Å². The first-order chi connectivity index (χ1) is 14.0. The van der Waals surface area contributed by atoms with Crippen LogP contribution in [0.15, 0.2) is 48.6 Å². The minimum Gasteiger partial charge on any atom is -0.478 e. The monoisotopic (exact) mass is 391 g/mol. The van der Waals surface area contributed by atoms with Gasteiger partial charge in [0.2, 0.25) is 0 Å². The number of aryl methyl sites for hydroxylation is 1. The Kier molecular flexibility index (Phi) is 4.54. The van der Waals surface area contributed by atoms with Crippen molar-refractivity contribution in [2.75, 3.05) is 13.1 Å². The van der Waals surface area contributed by atoms with Gasteiger partial charge in [0.25, 0.3) is 0 Å². The van der Waals surface area contributed by atoms with Crippen LogP contribution < -0.4 is 0 Å². The van der Waals surface area contributed by atoms with Crippen LogP contribution in [0.2, 0.25) is 0 Å². The number of benzene rings is 2. The molecule has 0 amide bonds. The minimum atomic E-state index is -0.881. The minimum absolute atomic E-state index is 0.0452. The summed E-state index contributed by atoms with van der Waals surface area (Å²) in [6.45, 7) is 5.44. The number of carboxylic acids is 1. The fraction of sp³-hybridized carbons (Fsp3) is 0.400. The van der Waals surface area contributed by atoms with Crippen molar-refractivity contribution in [1.82, 2.24) is 4.90 Å². The lowest BCUT2D eigenvalue weighted by atomic mass is 9.97. The first-order valence-corrected chi connectivity index (χ1v) is 10.6. The number of hydrogen-bond acceptors (Lipinski definition) is 2. The number of nitrogens with zero attached hydrogens (tertiary/aromatic N) is 1. The van der Waals surface area contributed by atoms with Gasteiger partial charge in [0.15, 0.2) is 0 Å². The van der Waals surface area contributed by atoms with E-state index in [2.05, 4.69) is 29.7 Å². The maximum atomic E-state index is 14.5. The largest absolute Gasteiger partial charge is 0.478 e. The number of carbonyl (C=O) groups is 1. The smallest absolute Gasteiger partial charge is 0.331 e. The van der Waals surface area contributed by atoms with Crippen LogP contribution in [0, 0.1) is 11.7 Å². The van der Waals surface area contributed by atoms with Gasteiger partial charge in [-0.2, -0.15) is 0 Å². The molecule has 2 atom stereocenters. The van der Waals surface area contributed by atoms with Crippen LogP contribution in [0.5, 0.6) is 0 Å². The molecule has 29 heavy (non-hydrogen) atoms. The highest BCUT2D eigenvalue weighted by atomic mass is 19.1. The second kappa shape index (κ2) is 7.10. The van der Waals surface area contributed by atoms with E-state index in [9.17, 15) is 14.3 Å².